The summed E-state index contributed by atoms with van der Waals surface area (Å²) >= 11 is 1.64. The number of anilines is 1. The molecule has 2 heterocycles. The summed E-state index contributed by atoms with van der Waals surface area (Å²) in [6.07, 6.45) is 9.18. The molecule has 5 heteroatoms. The maximum absolute atomic E-state index is 5.70. The summed E-state index contributed by atoms with van der Waals surface area (Å²) in [4.78, 5) is 14.0. The van der Waals surface area contributed by atoms with Crippen LogP contribution >= 0.6 is 11.3 Å². The zero-order valence-electron chi connectivity index (χ0n) is 14.2. The lowest BCUT2D eigenvalue weighted by Gasteiger charge is -2.00. The van der Waals surface area contributed by atoms with E-state index in [1.165, 1.54) is 31.2 Å². The number of allylic oxidation sites excluding steroid dienone is 1. The van der Waals surface area contributed by atoms with E-state index in [2.05, 4.69) is 40.3 Å². The zero-order chi connectivity index (χ0) is 17.2. The maximum Gasteiger partial charge on any atom is 0.220 e. The molecule has 0 unspecified atom stereocenters. The lowest BCUT2D eigenvalue weighted by atomic mass is 10.1. The molecule has 4 nitrogen and oxygen atoms in total. The van der Waals surface area contributed by atoms with Gasteiger partial charge in [-0.05, 0) is 44.2 Å². The van der Waals surface area contributed by atoms with Gasteiger partial charge in [0.1, 0.15) is 5.01 Å². The van der Waals surface area contributed by atoms with E-state index in [0.29, 0.717) is 0 Å². The number of nitrogens with zero attached hydrogens (tertiary/aromatic N) is 3. The van der Waals surface area contributed by atoms with E-state index in [4.69, 9.17) is 10.7 Å². The number of hydrogen-bond acceptors (Lipinski definition) is 5. The normalized spacial score (nSPS) is 14.0. The predicted molar refractivity (Wildman–Crippen MR) is 104 cm³/mol. The third-order valence-electron chi connectivity index (χ3n) is 4.48. The molecule has 25 heavy (non-hydrogen) atoms. The summed E-state index contributed by atoms with van der Waals surface area (Å²) in [5, 5.41) is 1.00. The molecule has 2 aromatic heterocycles. The zero-order valence-corrected chi connectivity index (χ0v) is 15.0. The van der Waals surface area contributed by atoms with Crippen LogP contribution in [0.25, 0.3) is 27.2 Å². The topological polar surface area (TPSA) is 64.7 Å². The molecule has 4 rings (SSSR count). The Labute approximate surface area is 151 Å². The first-order chi connectivity index (χ1) is 12.2. The number of rotatable bonds is 3. The second-order valence-corrected chi connectivity index (χ2v) is 7.36. The van der Waals surface area contributed by atoms with Crippen LogP contribution in [0.15, 0.2) is 42.1 Å². The van der Waals surface area contributed by atoms with E-state index in [1.54, 1.807) is 23.1 Å². The van der Waals surface area contributed by atoms with Crippen LogP contribution in [0.5, 0.6) is 0 Å². The van der Waals surface area contributed by atoms with Crippen molar-refractivity contribution in [1.29, 1.82) is 0 Å². The van der Waals surface area contributed by atoms with Gasteiger partial charge in [-0.15, -0.1) is 11.3 Å². The van der Waals surface area contributed by atoms with E-state index in [0.717, 1.165) is 26.8 Å². The van der Waals surface area contributed by atoms with Crippen molar-refractivity contribution in [3.8, 4) is 21.1 Å². The number of hydrogen-bond donors (Lipinski definition) is 1. The fourth-order valence-corrected chi connectivity index (χ4v) is 4.23. The van der Waals surface area contributed by atoms with Crippen LogP contribution in [0.2, 0.25) is 0 Å². The molecule has 3 aromatic rings. The van der Waals surface area contributed by atoms with Crippen molar-refractivity contribution in [2.45, 2.75) is 32.6 Å². The molecule has 2 N–H and O–H groups in total. The van der Waals surface area contributed by atoms with E-state index < -0.39 is 0 Å². The molecule has 0 amide bonds. The van der Waals surface area contributed by atoms with E-state index >= 15 is 0 Å². The highest BCUT2D eigenvalue weighted by atomic mass is 32.1. The third kappa shape index (κ3) is 3.46. The first-order valence-electron chi connectivity index (χ1n) is 8.55. The second kappa shape index (κ2) is 6.76. The van der Waals surface area contributed by atoms with Crippen LogP contribution in [-0.2, 0) is 0 Å². The van der Waals surface area contributed by atoms with Gasteiger partial charge in [0.2, 0.25) is 5.95 Å². The molecule has 1 saturated carbocycles. The molecule has 0 aliphatic heterocycles. The molecule has 1 aliphatic carbocycles. The van der Waals surface area contributed by atoms with Crippen LogP contribution in [0.1, 0.15) is 36.9 Å². The summed E-state index contributed by atoms with van der Waals surface area (Å²) < 4.78 is 0. The SMILES string of the molecule is Cc1nc(-c2ccc(C=C3CCCC3)cc2)sc1-c1ccnc(N)n1. The average Bonchev–Trinajstić information content (AvgIpc) is 3.25. The standard InChI is InChI=1S/C20H20N4S/c1-13-18(17-10-11-22-20(21)24-17)25-19(23-13)16-8-6-15(7-9-16)12-14-4-2-3-5-14/h6-12H,2-5H2,1H3,(H2,21,22,24). The van der Waals surface area contributed by atoms with Crippen molar-refractivity contribution < 1.29 is 0 Å². The Bertz CT molecular complexity index is 917. The molecule has 0 saturated heterocycles. The first-order valence-corrected chi connectivity index (χ1v) is 9.37. The van der Waals surface area contributed by atoms with Crippen molar-refractivity contribution in [3.05, 3.63) is 53.4 Å². The number of aromatic nitrogens is 3. The Morgan fingerprint density at radius 2 is 1.80 bits per heavy atom. The minimum atomic E-state index is 0.288. The average molecular weight is 348 g/mol. The number of nitrogens with two attached hydrogens (primary N) is 1. The Morgan fingerprint density at radius 1 is 1.04 bits per heavy atom. The molecule has 1 fully saturated rings. The Balaban J connectivity index is 1.62. The highest BCUT2D eigenvalue weighted by Crippen LogP contribution is 2.34. The Hall–Kier alpha value is -2.53. The summed E-state index contributed by atoms with van der Waals surface area (Å²) in [5.41, 5.74) is 11.5. The third-order valence-corrected chi connectivity index (χ3v) is 5.71. The van der Waals surface area contributed by atoms with Gasteiger partial charge in [0.05, 0.1) is 16.3 Å². The number of benzene rings is 1. The molecule has 0 bridgehead atoms. The predicted octanol–water partition coefficient (Wildman–Crippen LogP) is 5.12. The molecule has 0 spiro atoms. The smallest absolute Gasteiger partial charge is 0.220 e. The minimum absolute atomic E-state index is 0.288. The summed E-state index contributed by atoms with van der Waals surface area (Å²) in [5.74, 6) is 0.288. The van der Waals surface area contributed by atoms with Crippen LogP contribution < -0.4 is 5.73 Å². The van der Waals surface area contributed by atoms with Crippen molar-refractivity contribution in [3.63, 3.8) is 0 Å². The molecule has 126 valence electrons. The number of nitrogen functional groups attached to an aromatic ring is 1. The van der Waals surface area contributed by atoms with Gasteiger partial charge in [-0.25, -0.2) is 15.0 Å². The van der Waals surface area contributed by atoms with Crippen molar-refractivity contribution in [1.82, 2.24) is 15.0 Å². The highest BCUT2D eigenvalue weighted by molar-refractivity contribution is 7.18. The van der Waals surface area contributed by atoms with Gasteiger partial charge in [0.15, 0.2) is 0 Å². The van der Waals surface area contributed by atoms with E-state index in [-0.39, 0.29) is 5.95 Å². The van der Waals surface area contributed by atoms with Crippen molar-refractivity contribution >= 4 is 23.4 Å². The van der Waals surface area contributed by atoms with Crippen LogP contribution in [-0.4, -0.2) is 15.0 Å². The van der Waals surface area contributed by atoms with Gasteiger partial charge in [0.25, 0.3) is 0 Å². The molecule has 0 atom stereocenters. The van der Waals surface area contributed by atoms with Crippen LogP contribution in [0.4, 0.5) is 5.95 Å². The second-order valence-electron chi connectivity index (χ2n) is 6.37. The Morgan fingerprint density at radius 3 is 2.52 bits per heavy atom. The lowest BCUT2D eigenvalue weighted by molar-refractivity contribution is 0.886. The monoisotopic (exact) mass is 348 g/mol. The largest absolute Gasteiger partial charge is 0.368 e. The minimum Gasteiger partial charge on any atom is -0.368 e. The van der Waals surface area contributed by atoms with Gasteiger partial charge in [-0.2, -0.15) is 0 Å². The molecule has 1 aromatic carbocycles. The maximum atomic E-state index is 5.70. The number of aryl methyl sites for hydroxylation is 1. The quantitative estimate of drug-likeness (QED) is 0.714. The summed E-state index contributed by atoms with van der Waals surface area (Å²) in [6.45, 7) is 2.01. The molecule has 0 radical (unpaired) electrons. The van der Waals surface area contributed by atoms with E-state index in [1.807, 2.05) is 13.0 Å². The fraction of sp³-hybridized carbons (Fsp3) is 0.250. The molecule has 1 aliphatic rings. The van der Waals surface area contributed by atoms with Crippen LogP contribution in [0, 0.1) is 6.92 Å². The van der Waals surface area contributed by atoms with Gasteiger partial charge < -0.3 is 5.73 Å². The molecular formula is C20H20N4S. The van der Waals surface area contributed by atoms with Crippen LogP contribution in [0.3, 0.4) is 0 Å². The first kappa shape index (κ1) is 16.0. The van der Waals surface area contributed by atoms with E-state index in [9.17, 15) is 0 Å². The number of thiazole rings is 1. The fourth-order valence-electron chi connectivity index (χ4n) is 3.19. The van der Waals surface area contributed by atoms with Gasteiger partial charge in [-0.3, -0.25) is 0 Å². The lowest BCUT2D eigenvalue weighted by Crippen LogP contribution is -1.94. The summed E-state index contributed by atoms with van der Waals surface area (Å²) in [7, 11) is 0. The van der Waals surface area contributed by atoms with Gasteiger partial charge >= 0.3 is 0 Å². The highest BCUT2D eigenvalue weighted by Gasteiger charge is 2.13. The summed E-state index contributed by atoms with van der Waals surface area (Å²) in [6, 6.07) is 10.5. The van der Waals surface area contributed by atoms with Gasteiger partial charge in [0, 0.05) is 11.8 Å². The van der Waals surface area contributed by atoms with Crippen molar-refractivity contribution in [2.24, 2.45) is 0 Å². The van der Waals surface area contributed by atoms with Gasteiger partial charge in [-0.1, -0.05) is 35.9 Å². The Kier molecular flexibility index (Phi) is 4.32. The molecular weight excluding hydrogens is 328 g/mol. The van der Waals surface area contributed by atoms with Crippen molar-refractivity contribution in [2.75, 3.05) is 5.73 Å².